The van der Waals surface area contributed by atoms with E-state index in [9.17, 15) is 4.79 Å². The molecule has 0 aliphatic carbocycles. The molecule has 2 aliphatic rings. The largest absolute Gasteiger partial charge is 0.497 e. The lowest BCUT2D eigenvalue weighted by Gasteiger charge is -2.16. The topological polar surface area (TPSA) is 86.9 Å². The molecule has 1 aromatic heterocycles. The molecule has 3 aromatic rings. The molecule has 8 heteroatoms. The second-order valence-corrected chi connectivity index (χ2v) is 6.63. The standard InChI is InChI=1S/C20H17N3O5/c1-25-15-5-2-12(3-6-15)19-21-20(28-22-19)13-8-18(24)23(10-13)14-4-7-16-17(9-14)27-11-26-16/h2-7,9,13H,8,10-11H2,1H3. The van der Waals surface area contributed by atoms with Gasteiger partial charge in [0, 0.05) is 30.3 Å². The van der Waals surface area contributed by atoms with Crippen molar-refractivity contribution in [2.75, 3.05) is 25.3 Å². The van der Waals surface area contributed by atoms with Gasteiger partial charge in [-0.25, -0.2) is 0 Å². The maximum atomic E-state index is 12.6. The van der Waals surface area contributed by atoms with E-state index in [0.717, 1.165) is 17.0 Å². The summed E-state index contributed by atoms with van der Waals surface area (Å²) in [4.78, 5) is 18.8. The summed E-state index contributed by atoms with van der Waals surface area (Å²) >= 11 is 0. The third-order valence-corrected chi connectivity index (χ3v) is 4.93. The van der Waals surface area contributed by atoms with Crippen LogP contribution in [0.4, 0.5) is 5.69 Å². The molecule has 0 spiro atoms. The van der Waals surface area contributed by atoms with E-state index in [4.69, 9.17) is 18.7 Å². The molecule has 2 aliphatic heterocycles. The van der Waals surface area contributed by atoms with Crippen molar-refractivity contribution in [2.45, 2.75) is 12.3 Å². The van der Waals surface area contributed by atoms with Crippen LogP contribution in [-0.4, -0.2) is 36.5 Å². The van der Waals surface area contributed by atoms with Crippen molar-refractivity contribution in [1.29, 1.82) is 0 Å². The summed E-state index contributed by atoms with van der Waals surface area (Å²) in [5, 5.41) is 4.06. The van der Waals surface area contributed by atoms with Gasteiger partial charge in [-0.15, -0.1) is 0 Å². The second-order valence-electron chi connectivity index (χ2n) is 6.63. The van der Waals surface area contributed by atoms with Gasteiger partial charge in [-0.05, 0) is 36.4 Å². The molecule has 0 radical (unpaired) electrons. The predicted octanol–water partition coefficient (Wildman–Crippen LogP) is 2.99. The highest BCUT2D eigenvalue weighted by Gasteiger charge is 2.35. The highest BCUT2D eigenvalue weighted by Crippen LogP contribution is 2.38. The summed E-state index contributed by atoms with van der Waals surface area (Å²) in [6, 6.07) is 12.9. The quantitative estimate of drug-likeness (QED) is 0.689. The van der Waals surface area contributed by atoms with E-state index >= 15 is 0 Å². The zero-order valence-electron chi connectivity index (χ0n) is 15.1. The monoisotopic (exact) mass is 379 g/mol. The smallest absolute Gasteiger partial charge is 0.232 e. The Morgan fingerprint density at radius 2 is 1.93 bits per heavy atom. The van der Waals surface area contributed by atoms with E-state index in [2.05, 4.69) is 10.1 Å². The fourth-order valence-electron chi connectivity index (χ4n) is 3.43. The number of carbonyl (C=O) groups excluding carboxylic acids is 1. The van der Waals surface area contributed by atoms with Gasteiger partial charge in [0.1, 0.15) is 5.75 Å². The first-order valence-corrected chi connectivity index (χ1v) is 8.89. The van der Waals surface area contributed by atoms with Crippen LogP contribution in [0.25, 0.3) is 11.4 Å². The average molecular weight is 379 g/mol. The number of fused-ring (bicyclic) bond motifs is 1. The van der Waals surface area contributed by atoms with Crippen molar-refractivity contribution in [3.8, 4) is 28.6 Å². The highest BCUT2D eigenvalue weighted by molar-refractivity contribution is 5.96. The summed E-state index contributed by atoms with van der Waals surface area (Å²) in [5.41, 5.74) is 1.60. The van der Waals surface area contributed by atoms with Gasteiger partial charge in [-0.2, -0.15) is 4.98 Å². The zero-order valence-corrected chi connectivity index (χ0v) is 15.1. The summed E-state index contributed by atoms with van der Waals surface area (Å²) in [6.45, 7) is 0.675. The Kier molecular flexibility index (Phi) is 3.89. The van der Waals surface area contributed by atoms with Gasteiger partial charge >= 0.3 is 0 Å². The molecule has 1 saturated heterocycles. The lowest BCUT2D eigenvalue weighted by Crippen LogP contribution is -2.24. The molecule has 1 fully saturated rings. The van der Waals surface area contributed by atoms with Crippen molar-refractivity contribution in [3.63, 3.8) is 0 Å². The number of benzene rings is 2. The molecule has 142 valence electrons. The number of aromatic nitrogens is 2. The van der Waals surface area contributed by atoms with E-state index in [-0.39, 0.29) is 18.6 Å². The summed E-state index contributed by atoms with van der Waals surface area (Å²) in [6.07, 6.45) is 0.318. The molecular formula is C20H17N3O5. The molecular weight excluding hydrogens is 362 g/mol. The minimum absolute atomic E-state index is 0.00747. The Morgan fingerprint density at radius 3 is 2.75 bits per heavy atom. The van der Waals surface area contributed by atoms with Crippen LogP contribution in [-0.2, 0) is 4.79 Å². The van der Waals surface area contributed by atoms with Gasteiger partial charge in [0.25, 0.3) is 0 Å². The molecule has 1 atom stereocenters. The van der Waals surface area contributed by atoms with E-state index in [1.165, 1.54) is 0 Å². The number of ether oxygens (including phenoxy) is 3. The Bertz CT molecular complexity index is 1030. The summed E-state index contributed by atoms with van der Waals surface area (Å²) in [7, 11) is 1.62. The number of methoxy groups -OCH3 is 1. The lowest BCUT2D eigenvalue weighted by molar-refractivity contribution is -0.117. The normalized spacial score (nSPS) is 18.0. The highest BCUT2D eigenvalue weighted by atomic mass is 16.7. The van der Waals surface area contributed by atoms with E-state index < -0.39 is 0 Å². The number of rotatable bonds is 4. The molecule has 2 aromatic carbocycles. The predicted molar refractivity (Wildman–Crippen MR) is 98.6 cm³/mol. The number of hydrogen-bond acceptors (Lipinski definition) is 7. The molecule has 5 rings (SSSR count). The number of amides is 1. The van der Waals surface area contributed by atoms with Crippen molar-refractivity contribution >= 4 is 11.6 Å². The fraction of sp³-hybridized carbons (Fsp3) is 0.250. The van der Waals surface area contributed by atoms with Gasteiger partial charge in [-0.3, -0.25) is 4.79 Å². The van der Waals surface area contributed by atoms with Crippen LogP contribution in [0.3, 0.4) is 0 Å². The van der Waals surface area contributed by atoms with Gasteiger partial charge in [-0.1, -0.05) is 5.16 Å². The van der Waals surface area contributed by atoms with E-state index in [1.807, 2.05) is 42.5 Å². The van der Waals surface area contributed by atoms with Gasteiger partial charge in [0.05, 0.1) is 13.0 Å². The second kappa shape index (κ2) is 6.56. The van der Waals surface area contributed by atoms with Crippen molar-refractivity contribution < 1.29 is 23.5 Å². The molecule has 0 bridgehead atoms. The van der Waals surface area contributed by atoms with Gasteiger partial charge in [0.15, 0.2) is 11.5 Å². The van der Waals surface area contributed by atoms with Crippen LogP contribution in [0.15, 0.2) is 47.0 Å². The number of carbonyl (C=O) groups is 1. The van der Waals surface area contributed by atoms with Crippen LogP contribution in [0, 0.1) is 0 Å². The Balaban J connectivity index is 1.35. The molecule has 0 N–H and O–H groups in total. The van der Waals surface area contributed by atoms with Crippen LogP contribution < -0.4 is 19.1 Å². The minimum Gasteiger partial charge on any atom is -0.497 e. The number of anilines is 1. The SMILES string of the molecule is COc1ccc(-c2noc(C3CC(=O)N(c4ccc5c(c4)OCO5)C3)n2)cc1. The average Bonchev–Trinajstić information content (AvgIpc) is 3.46. The molecule has 1 unspecified atom stereocenters. The van der Waals surface area contributed by atoms with Gasteiger partial charge in [0.2, 0.25) is 24.4 Å². The minimum atomic E-state index is -0.155. The molecule has 8 nitrogen and oxygen atoms in total. The maximum Gasteiger partial charge on any atom is 0.232 e. The first-order valence-electron chi connectivity index (χ1n) is 8.89. The van der Waals surface area contributed by atoms with Crippen molar-refractivity contribution in [3.05, 3.63) is 48.4 Å². The first-order chi connectivity index (χ1) is 13.7. The first kappa shape index (κ1) is 16.6. The number of hydrogen-bond donors (Lipinski definition) is 0. The summed E-state index contributed by atoms with van der Waals surface area (Å²) < 4.78 is 21.3. The third-order valence-electron chi connectivity index (χ3n) is 4.93. The van der Waals surface area contributed by atoms with Crippen LogP contribution in [0.2, 0.25) is 0 Å². The summed E-state index contributed by atoms with van der Waals surface area (Å²) in [5.74, 6) is 2.90. The van der Waals surface area contributed by atoms with Crippen LogP contribution in [0.5, 0.6) is 17.2 Å². The third kappa shape index (κ3) is 2.83. The van der Waals surface area contributed by atoms with Crippen LogP contribution in [0.1, 0.15) is 18.2 Å². The molecule has 28 heavy (non-hydrogen) atoms. The zero-order chi connectivity index (χ0) is 19.1. The van der Waals surface area contributed by atoms with E-state index in [0.29, 0.717) is 36.2 Å². The Labute approximate surface area is 160 Å². The molecule has 3 heterocycles. The Morgan fingerprint density at radius 1 is 1.11 bits per heavy atom. The van der Waals surface area contributed by atoms with Crippen LogP contribution >= 0.6 is 0 Å². The maximum absolute atomic E-state index is 12.6. The fourth-order valence-corrected chi connectivity index (χ4v) is 3.43. The van der Waals surface area contributed by atoms with Gasteiger partial charge < -0.3 is 23.6 Å². The lowest BCUT2D eigenvalue weighted by atomic mass is 10.1. The number of nitrogens with zero attached hydrogens (tertiary/aromatic N) is 3. The van der Waals surface area contributed by atoms with Crippen molar-refractivity contribution in [1.82, 2.24) is 10.1 Å². The molecule has 1 amide bonds. The Hall–Kier alpha value is -3.55. The van der Waals surface area contributed by atoms with Crippen molar-refractivity contribution in [2.24, 2.45) is 0 Å². The van der Waals surface area contributed by atoms with E-state index in [1.54, 1.807) is 12.0 Å². The molecule has 0 saturated carbocycles.